The maximum atomic E-state index is 11.3. The van der Waals surface area contributed by atoms with Crippen LogP contribution in [0.3, 0.4) is 0 Å². The first-order valence-electron chi connectivity index (χ1n) is 7.12. The number of ether oxygens (including phenoxy) is 1. The van der Waals surface area contributed by atoms with E-state index in [4.69, 9.17) is 4.74 Å². The van der Waals surface area contributed by atoms with E-state index in [0.717, 1.165) is 12.3 Å². The molecule has 0 spiro atoms. The molecule has 0 N–H and O–H groups in total. The van der Waals surface area contributed by atoms with Gasteiger partial charge >= 0.3 is 0 Å². The third-order valence-electron chi connectivity index (χ3n) is 3.66. The zero-order valence-electron chi connectivity index (χ0n) is 12.2. The molecule has 0 saturated carbocycles. The Hall–Kier alpha value is -1.07. The summed E-state index contributed by atoms with van der Waals surface area (Å²) in [6.45, 7) is 6.96. The predicted octanol–water partition coefficient (Wildman–Crippen LogP) is 1.92. The van der Waals surface area contributed by atoms with Gasteiger partial charge in [-0.1, -0.05) is 26.0 Å². The molecule has 0 amide bonds. The Morgan fingerprint density at radius 3 is 2.30 bits per heavy atom. The molecule has 1 fully saturated rings. The van der Waals surface area contributed by atoms with Crippen LogP contribution in [-0.2, 0) is 9.84 Å². The van der Waals surface area contributed by atoms with Crippen molar-refractivity contribution in [2.24, 2.45) is 0 Å². The number of sulfone groups is 1. The van der Waals surface area contributed by atoms with Gasteiger partial charge in [-0.2, -0.15) is 0 Å². The summed E-state index contributed by atoms with van der Waals surface area (Å²) in [6, 6.07) is 8.17. The van der Waals surface area contributed by atoms with Crippen molar-refractivity contribution in [1.29, 1.82) is 0 Å². The van der Waals surface area contributed by atoms with E-state index < -0.39 is 9.84 Å². The van der Waals surface area contributed by atoms with Crippen LogP contribution in [0.15, 0.2) is 24.3 Å². The highest BCUT2D eigenvalue weighted by atomic mass is 32.2. The van der Waals surface area contributed by atoms with Gasteiger partial charge < -0.3 is 4.74 Å². The molecule has 2 rings (SSSR count). The third-order valence-corrected chi connectivity index (χ3v) is 5.27. The summed E-state index contributed by atoms with van der Waals surface area (Å²) in [5, 5.41) is 0. The van der Waals surface area contributed by atoms with Crippen molar-refractivity contribution in [3.8, 4) is 5.75 Å². The van der Waals surface area contributed by atoms with E-state index in [9.17, 15) is 8.42 Å². The molecular formula is C15H23NO3S. The maximum absolute atomic E-state index is 11.3. The molecule has 0 aliphatic carbocycles. The number of rotatable bonds is 5. The maximum Gasteiger partial charge on any atom is 0.152 e. The van der Waals surface area contributed by atoms with Gasteiger partial charge in [0.15, 0.2) is 9.84 Å². The molecule has 1 heterocycles. The average Bonchev–Trinajstić information content (AvgIpc) is 2.41. The van der Waals surface area contributed by atoms with E-state index >= 15 is 0 Å². The summed E-state index contributed by atoms with van der Waals surface area (Å²) < 4.78 is 28.3. The topological polar surface area (TPSA) is 46.6 Å². The van der Waals surface area contributed by atoms with Crippen LogP contribution >= 0.6 is 0 Å². The SMILES string of the molecule is CC(C)c1ccc(OCCN2CCS(=O)(=O)CC2)cc1. The molecule has 1 aromatic rings. The summed E-state index contributed by atoms with van der Waals surface area (Å²) in [5.41, 5.74) is 1.30. The van der Waals surface area contributed by atoms with Crippen LogP contribution in [0.4, 0.5) is 0 Å². The second-order valence-corrected chi connectivity index (χ2v) is 7.87. The van der Waals surface area contributed by atoms with Gasteiger partial charge in [0.05, 0.1) is 11.5 Å². The molecule has 5 heteroatoms. The summed E-state index contributed by atoms with van der Waals surface area (Å²) in [6.07, 6.45) is 0. The molecule has 0 radical (unpaired) electrons. The zero-order chi connectivity index (χ0) is 14.6. The van der Waals surface area contributed by atoms with Crippen molar-refractivity contribution < 1.29 is 13.2 Å². The van der Waals surface area contributed by atoms with Crippen molar-refractivity contribution in [3.05, 3.63) is 29.8 Å². The minimum Gasteiger partial charge on any atom is -0.492 e. The van der Waals surface area contributed by atoms with Gasteiger partial charge in [-0.3, -0.25) is 4.90 Å². The molecule has 0 bridgehead atoms. The summed E-state index contributed by atoms with van der Waals surface area (Å²) in [7, 11) is -2.79. The molecule has 1 aliphatic rings. The van der Waals surface area contributed by atoms with Gasteiger partial charge in [-0.05, 0) is 23.6 Å². The molecule has 1 saturated heterocycles. The summed E-state index contributed by atoms with van der Waals surface area (Å²) >= 11 is 0. The van der Waals surface area contributed by atoms with Crippen LogP contribution in [-0.4, -0.2) is 51.1 Å². The molecule has 4 nitrogen and oxygen atoms in total. The standard InChI is InChI=1S/C15H23NO3S/c1-13(2)14-3-5-15(6-4-14)19-10-7-16-8-11-20(17,18)12-9-16/h3-6,13H,7-12H2,1-2H3. The van der Waals surface area contributed by atoms with Crippen LogP contribution in [0, 0.1) is 0 Å². The molecule has 0 unspecified atom stereocenters. The Balaban J connectivity index is 1.73. The zero-order valence-corrected chi connectivity index (χ0v) is 13.0. The Kier molecular flexibility index (Phi) is 5.05. The number of hydrogen-bond acceptors (Lipinski definition) is 4. The summed E-state index contributed by atoms with van der Waals surface area (Å²) in [4.78, 5) is 2.14. The van der Waals surface area contributed by atoms with Gasteiger partial charge in [-0.15, -0.1) is 0 Å². The highest BCUT2D eigenvalue weighted by Gasteiger charge is 2.20. The second kappa shape index (κ2) is 6.59. The highest BCUT2D eigenvalue weighted by molar-refractivity contribution is 7.91. The second-order valence-electron chi connectivity index (χ2n) is 5.57. The van der Waals surface area contributed by atoms with E-state index in [2.05, 4.69) is 30.9 Å². The molecule has 1 aromatic carbocycles. The Labute approximate surface area is 121 Å². The quantitative estimate of drug-likeness (QED) is 0.833. The third kappa shape index (κ3) is 4.49. The minimum absolute atomic E-state index is 0.274. The van der Waals surface area contributed by atoms with Crippen molar-refractivity contribution in [2.45, 2.75) is 19.8 Å². The monoisotopic (exact) mass is 297 g/mol. The lowest BCUT2D eigenvalue weighted by atomic mass is 10.0. The average molecular weight is 297 g/mol. The van der Waals surface area contributed by atoms with Crippen molar-refractivity contribution >= 4 is 9.84 Å². The fourth-order valence-corrected chi connectivity index (χ4v) is 3.49. The molecule has 1 aliphatic heterocycles. The van der Waals surface area contributed by atoms with Crippen molar-refractivity contribution in [3.63, 3.8) is 0 Å². The van der Waals surface area contributed by atoms with Gasteiger partial charge in [0.1, 0.15) is 12.4 Å². The van der Waals surface area contributed by atoms with E-state index in [1.165, 1.54) is 5.56 Å². The number of benzene rings is 1. The van der Waals surface area contributed by atoms with Crippen molar-refractivity contribution in [1.82, 2.24) is 4.90 Å². The first kappa shape index (κ1) is 15.3. The molecule has 0 aromatic heterocycles. The highest BCUT2D eigenvalue weighted by Crippen LogP contribution is 2.18. The number of hydrogen-bond donors (Lipinski definition) is 0. The molecule has 0 atom stereocenters. The number of nitrogens with zero attached hydrogens (tertiary/aromatic N) is 1. The first-order valence-corrected chi connectivity index (χ1v) is 8.94. The smallest absolute Gasteiger partial charge is 0.152 e. The van der Waals surface area contributed by atoms with Gasteiger partial charge in [0.25, 0.3) is 0 Å². The lowest BCUT2D eigenvalue weighted by molar-refractivity contribution is 0.219. The van der Waals surface area contributed by atoms with E-state index in [-0.39, 0.29) is 11.5 Å². The van der Waals surface area contributed by atoms with Crippen LogP contribution in [0.25, 0.3) is 0 Å². The van der Waals surface area contributed by atoms with Crippen molar-refractivity contribution in [2.75, 3.05) is 37.7 Å². The fourth-order valence-electron chi connectivity index (χ4n) is 2.22. The van der Waals surface area contributed by atoms with E-state index in [1.54, 1.807) is 0 Å². The van der Waals surface area contributed by atoms with E-state index in [1.807, 2.05) is 12.1 Å². The van der Waals surface area contributed by atoms with Crippen LogP contribution in [0.1, 0.15) is 25.3 Å². The normalized spacial score (nSPS) is 19.1. The predicted molar refractivity (Wildman–Crippen MR) is 81.1 cm³/mol. The summed E-state index contributed by atoms with van der Waals surface area (Å²) in [5.74, 6) is 1.95. The largest absolute Gasteiger partial charge is 0.492 e. The Bertz CT molecular complexity index is 509. The van der Waals surface area contributed by atoms with Crippen LogP contribution in [0.2, 0.25) is 0 Å². The minimum atomic E-state index is -2.79. The van der Waals surface area contributed by atoms with Gasteiger partial charge in [0.2, 0.25) is 0 Å². The van der Waals surface area contributed by atoms with Gasteiger partial charge in [-0.25, -0.2) is 8.42 Å². The Morgan fingerprint density at radius 2 is 1.75 bits per heavy atom. The van der Waals surface area contributed by atoms with Crippen LogP contribution < -0.4 is 4.74 Å². The lowest BCUT2D eigenvalue weighted by Crippen LogP contribution is -2.42. The van der Waals surface area contributed by atoms with Crippen LogP contribution in [0.5, 0.6) is 5.75 Å². The molecule has 112 valence electrons. The first-order chi connectivity index (χ1) is 9.46. The Morgan fingerprint density at radius 1 is 1.15 bits per heavy atom. The van der Waals surface area contributed by atoms with E-state index in [0.29, 0.717) is 25.6 Å². The lowest BCUT2D eigenvalue weighted by Gasteiger charge is -2.26. The molecule has 20 heavy (non-hydrogen) atoms. The fraction of sp³-hybridized carbons (Fsp3) is 0.600. The van der Waals surface area contributed by atoms with Gasteiger partial charge in [0, 0.05) is 19.6 Å². The molecular weight excluding hydrogens is 274 g/mol.